The van der Waals surface area contributed by atoms with Crippen molar-refractivity contribution in [1.29, 1.82) is 0 Å². The number of carbonyl (C=O) groups excluding carboxylic acids is 1. The van der Waals surface area contributed by atoms with Crippen LogP contribution in [-0.4, -0.2) is 46.4 Å². The number of rotatable bonds is 3. The van der Waals surface area contributed by atoms with Crippen LogP contribution >= 0.6 is 0 Å². The van der Waals surface area contributed by atoms with Crippen molar-refractivity contribution in [1.82, 2.24) is 20.0 Å². The van der Waals surface area contributed by atoms with Crippen LogP contribution in [0, 0.1) is 0 Å². The van der Waals surface area contributed by atoms with E-state index < -0.39 is 10.0 Å². The molecule has 0 spiro atoms. The Kier molecular flexibility index (Phi) is 4.56. The van der Waals surface area contributed by atoms with Gasteiger partial charge in [0.05, 0.1) is 0 Å². The van der Waals surface area contributed by atoms with Crippen molar-refractivity contribution in [2.24, 2.45) is 5.14 Å². The lowest BCUT2D eigenvalue weighted by Gasteiger charge is -2.38. The zero-order chi connectivity index (χ0) is 18.2. The minimum absolute atomic E-state index is 0.0821. The molecule has 9 nitrogen and oxygen atoms in total. The predicted molar refractivity (Wildman–Crippen MR) is 87.8 cm³/mol. The summed E-state index contributed by atoms with van der Waals surface area (Å²) in [5.74, 6) is -0.371. The lowest BCUT2D eigenvalue weighted by atomic mass is 9.97. The van der Waals surface area contributed by atoms with E-state index in [1.165, 1.54) is 12.3 Å². The maximum atomic E-state index is 12.7. The van der Waals surface area contributed by atoms with E-state index in [-0.39, 0.29) is 34.6 Å². The lowest BCUT2D eigenvalue weighted by Crippen LogP contribution is -2.47. The van der Waals surface area contributed by atoms with Gasteiger partial charge in [0.15, 0.2) is 0 Å². The molecule has 0 aliphatic carbocycles. The van der Waals surface area contributed by atoms with Crippen LogP contribution in [0.3, 0.4) is 0 Å². The molecule has 10 heteroatoms. The molecule has 1 saturated heterocycles. The molecule has 0 saturated carbocycles. The molecule has 0 aromatic carbocycles. The number of sulfonamides is 1. The number of hydrogen-bond acceptors (Lipinski definition) is 7. The molecule has 2 atom stereocenters. The van der Waals surface area contributed by atoms with Crippen molar-refractivity contribution < 1.29 is 17.7 Å². The molecule has 1 fully saturated rings. The van der Waals surface area contributed by atoms with Gasteiger partial charge in [-0.05, 0) is 39.2 Å². The molecule has 2 aromatic heterocycles. The van der Waals surface area contributed by atoms with Gasteiger partial charge in [0.1, 0.15) is 4.90 Å². The number of nitrogens with zero attached hydrogens (tertiary/aromatic N) is 4. The molecular weight excluding hydrogens is 346 g/mol. The summed E-state index contributed by atoms with van der Waals surface area (Å²) in [6.45, 7) is 3.98. The molecule has 1 aliphatic rings. The minimum Gasteiger partial charge on any atom is -0.329 e. The third-order valence-corrected chi connectivity index (χ3v) is 5.22. The Morgan fingerprint density at radius 3 is 2.60 bits per heavy atom. The zero-order valence-corrected chi connectivity index (χ0v) is 14.7. The first-order valence-electron chi connectivity index (χ1n) is 7.92. The Labute approximate surface area is 145 Å². The van der Waals surface area contributed by atoms with Crippen molar-refractivity contribution in [3.8, 4) is 11.4 Å². The summed E-state index contributed by atoms with van der Waals surface area (Å²) in [6.07, 6.45) is 5.43. The molecule has 3 rings (SSSR count). The minimum atomic E-state index is -3.90. The molecular formula is C15H19N5O4S. The number of amides is 1. The van der Waals surface area contributed by atoms with Crippen molar-refractivity contribution in [3.05, 3.63) is 24.4 Å². The molecule has 25 heavy (non-hydrogen) atoms. The fourth-order valence-corrected chi connectivity index (χ4v) is 3.56. The topological polar surface area (TPSA) is 132 Å². The maximum Gasteiger partial charge on any atom is 0.316 e. The second kappa shape index (κ2) is 6.52. The first-order valence-corrected chi connectivity index (χ1v) is 9.46. The van der Waals surface area contributed by atoms with Gasteiger partial charge < -0.3 is 9.42 Å². The van der Waals surface area contributed by atoms with E-state index in [1.807, 2.05) is 13.8 Å². The van der Waals surface area contributed by atoms with Gasteiger partial charge in [-0.3, -0.25) is 9.78 Å². The molecule has 1 aliphatic heterocycles. The fraction of sp³-hybridized carbons (Fsp3) is 0.467. The number of hydrogen-bond donors (Lipinski definition) is 1. The van der Waals surface area contributed by atoms with Crippen molar-refractivity contribution >= 4 is 15.9 Å². The maximum absolute atomic E-state index is 12.7. The molecule has 2 N–H and O–H groups in total. The van der Waals surface area contributed by atoms with Gasteiger partial charge in [0, 0.05) is 30.0 Å². The smallest absolute Gasteiger partial charge is 0.316 e. The van der Waals surface area contributed by atoms with Gasteiger partial charge in [0.2, 0.25) is 15.8 Å². The van der Waals surface area contributed by atoms with E-state index in [9.17, 15) is 13.2 Å². The Hall–Kier alpha value is -2.33. The Bertz CT molecular complexity index is 885. The van der Waals surface area contributed by atoms with E-state index in [2.05, 4.69) is 15.1 Å². The van der Waals surface area contributed by atoms with Crippen molar-refractivity contribution in [2.45, 2.75) is 50.1 Å². The van der Waals surface area contributed by atoms with Gasteiger partial charge >= 0.3 is 11.8 Å². The summed E-state index contributed by atoms with van der Waals surface area (Å²) >= 11 is 0. The highest BCUT2D eigenvalue weighted by Crippen LogP contribution is 2.25. The molecule has 0 radical (unpaired) electrons. The second-order valence-corrected chi connectivity index (χ2v) is 7.78. The highest BCUT2D eigenvalue weighted by Gasteiger charge is 2.32. The van der Waals surface area contributed by atoms with Crippen LogP contribution in [0.4, 0.5) is 0 Å². The van der Waals surface area contributed by atoms with Crippen molar-refractivity contribution in [3.63, 3.8) is 0 Å². The van der Waals surface area contributed by atoms with Crippen LogP contribution in [0.2, 0.25) is 0 Å². The molecule has 2 unspecified atom stereocenters. The van der Waals surface area contributed by atoms with Gasteiger partial charge in [0.25, 0.3) is 0 Å². The number of aromatic nitrogens is 3. The number of pyridine rings is 1. The van der Waals surface area contributed by atoms with Crippen molar-refractivity contribution in [2.75, 3.05) is 0 Å². The first kappa shape index (κ1) is 17.5. The highest BCUT2D eigenvalue weighted by molar-refractivity contribution is 7.89. The number of nitrogens with two attached hydrogens (primary N) is 1. The van der Waals surface area contributed by atoms with Crippen LogP contribution in [0.25, 0.3) is 11.4 Å². The number of piperidine rings is 1. The lowest BCUT2D eigenvalue weighted by molar-refractivity contribution is 0.0461. The number of likely N-dealkylation sites (tertiary alicyclic amines) is 1. The SMILES string of the molecule is CC1CCCC(C)N1C(=O)c1nc(-c2cncc(S(N)(=O)=O)c2)no1. The molecule has 3 heterocycles. The van der Waals surface area contributed by atoms with E-state index in [1.54, 1.807) is 4.90 Å². The normalized spacial score (nSPS) is 21.3. The molecule has 134 valence electrons. The quantitative estimate of drug-likeness (QED) is 0.863. The van der Waals surface area contributed by atoms with Crippen LogP contribution in [-0.2, 0) is 10.0 Å². The summed E-state index contributed by atoms with van der Waals surface area (Å²) < 4.78 is 27.9. The summed E-state index contributed by atoms with van der Waals surface area (Å²) in [6, 6.07) is 1.48. The highest BCUT2D eigenvalue weighted by atomic mass is 32.2. The molecule has 2 aromatic rings. The van der Waals surface area contributed by atoms with Crippen LogP contribution in [0.1, 0.15) is 43.8 Å². The number of primary sulfonamides is 1. The van der Waals surface area contributed by atoms with E-state index >= 15 is 0 Å². The summed E-state index contributed by atoms with van der Waals surface area (Å²) in [5, 5.41) is 8.86. The van der Waals surface area contributed by atoms with Gasteiger partial charge in [-0.1, -0.05) is 5.16 Å². The van der Waals surface area contributed by atoms with Crippen LogP contribution in [0.15, 0.2) is 27.9 Å². The average molecular weight is 365 g/mol. The largest absolute Gasteiger partial charge is 0.329 e. The standard InChI is InChI=1S/C15H19N5O4S/c1-9-4-3-5-10(2)20(9)15(21)14-18-13(19-24-14)11-6-12(8-17-7-11)25(16,22)23/h6-10H,3-5H2,1-2H3,(H2,16,22,23). The first-order chi connectivity index (χ1) is 11.8. The predicted octanol–water partition coefficient (Wildman–Crippen LogP) is 1.18. The molecule has 0 bridgehead atoms. The van der Waals surface area contributed by atoms with Gasteiger partial charge in [-0.25, -0.2) is 13.6 Å². The van der Waals surface area contributed by atoms with Gasteiger partial charge in [-0.2, -0.15) is 4.98 Å². The Balaban J connectivity index is 1.89. The summed E-state index contributed by atoms with van der Waals surface area (Å²) in [7, 11) is -3.90. The average Bonchev–Trinajstić information content (AvgIpc) is 3.04. The second-order valence-electron chi connectivity index (χ2n) is 6.22. The number of carbonyl (C=O) groups is 1. The van der Waals surface area contributed by atoms with Crippen LogP contribution in [0.5, 0.6) is 0 Å². The monoisotopic (exact) mass is 365 g/mol. The Morgan fingerprint density at radius 1 is 1.28 bits per heavy atom. The fourth-order valence-electron chi connectivity index (χ4n) is 3.06. The van der Waals surface area contributed by atoms with Crippen LogP contribution < -0.4 is 5.14 Å². The van der Waals surface area contributed by atoms with E-state index in [0.717, 1.165) is 25.5 Å². The van der Waals surface area contributed by atoms with E-state index in [4.69, 9.17) is 9.66 Å². The Morgan fingerprint density at radius 2 is 1.96 bits per heavy atom. The zero-order valence-electron chi connectivity index (χ0n) is 13.9. The van der Waals surface area contributed by atoms with Gasteiger partial charge in [-0.15, -0.1) is 0 Å². The third kappa shape index (κ3) is 3.54. The molecule has 1 amide bonds. The van der Waals surface area contributed by atoms with E-state index in [0.29, 0.717) is 5.56 Å². The summed E-state index contributed by atoms with van der Waals surface area (Å²) in [5.41, 5.74) is 0.300. The third-order valence-electron chi connectivity index (χ3n) is 4.34. The summed E-state index contributed by atoms with van der Waals surface area (Å²) in [4.78, 5) is 22.2.